The lowest BCUT2D eigenvalue weighted by Gasteiger charge is -2.33. The zero-order valence-electron chi connectivity index (χ0n) is 21.6. The second-order valence-corrected chi connectivity index (χ2v) is 10.4. The number of fused-ring (bicyclic) bond motifs is 1. The minimum absolute atomic E-state index is 0.0924. The van der Waals surface area contributed by atoms with Crippen molar-refractivity contribution < 1.29 is 24.2 Å². The molecule has 0 aliphatic rings. The van der Waals surface area contributed by atoms with Crippen LogP contribution in [0.3, 0.4) is 0 Å². The molecule has 1 aromatic carbocycles. The summed E-state index contributed by atoms with van der Waals surface area (Å²) in [5.74, 6) is -1.39. The number of carbonyl (C=O) groups is 3. The molecule has 2 amide bonds. The Balaban J connectivity index is 2.27. The van der Waals surface area contributed by atoms with Crippen molar-refractivity contribution in [3.8, 4) is 0 Å². The fourth-order valence-electron chi connectivity index (χ4n) is 4.06. The van der Waals surface area contributed by atoms with E-state index in [1.54, 1.807) is 27.8 Å². The number of aliphatic hydroxyl groups excluding tert-OH is 1. The molecular formula is C26H40N4O5. The Morgan fingerprint density at radius 3 is 2.40 bits per heavy atom. The fraction of sp³-hybridized carbons (Fsp3) is 0.577. The highest BCUT2D eigenvalue weighted by Gasteiger charge is 2.34. The van der Waals surface area contributed by atoms with Crippen molar-refractivity contribution in [1.82, 2.24) is 15.2 Å². The van der Waals surface area contributed by atoms with Gasteiger partial charge in [-0.2, -0.15) is 0 Å². The summed E-state index contributed by atoms with van der Waals surface area (Å²) in [5, 5.41) is 13.6. The van der Waals surface area contributed by atoms with Gasteiger partial charge in [0.15, 0.2) is 0 Å². The lowest BCUT2D eigenvalue weighted by molar-refractivity contribution is -0.158. The van der Waals surface area contributed by atoms with Gasteiger partial charge in [0.05, 0.1) is 6.04 Å². The quantitative estimate of drug-likeness (QED) is 0.338. The number of ether oxygens (including phenoxy) is 1. The maximum Gasteiger partial charge on any atom is 0.323 e. The molecule has 1 aromatic heterocycles. The van der Waals surface area contributed by atoms with E-state index in [0.29, 0.717) is 6.42 Å². The molecule has 0 spiro atoms. The molecule has 0 saturated heterocycles. The standard InChI is InChI=1S/C26H40N4O5/c1-16(2)13-21(29-20(11-12-31)25(34)35-26(3,4)5)24(33)30(6)22(23(27)32)14-17-15-28-19-10-8-7-9-18(17)19/h7-10,15-16,20-22,28-29,31H,11-14H2,1-6H3,(H2,27,32)/t20-,21+,22+/m1/s1. The molecule has 9 nitrogen and oxygen atoms in total. The number of rotatable bonds is 12. The Morgan fingerprint density at radius 1 is 1.17 bits per heavy atom. The second kappa shape index (κ2) is 12.2. The summed E-state index contributed by atoms with van der Waals surface area (Å²) in [6, 6.07) is 5.19. The first-order valence-electron chi connectivity index (χ1n) is 12.0. The molecule has 2 rings (SSSR count). The van der Waals surface area contributed by atoms with Crippen LogP contribution in [-0.2, 0) is 25.5 Å². The highest BCUT2D eigenvalue weighted by atomic mass is 16.6. The van der Waals surface area contributed by atoms with Crippen molar-refractivity contribution in [1.29, 1.82) is 0 Å². The first kappa shape index (κ1) is 28.3. The molecule has 0 unspecified atom stereocenters. The lowest BCUT2D eigenvalue weighted by atomic mass is 9.98. The molecule has 35 heavy (non-hydrogen) atoms. The van der Waals surface area contributed by atoms with E-state index in [9.17, 15) is 19.5 Å². The number of hydrogen-bond donors (Lipinski definition) is 4. The zero-order chi connectivity index (χ0) is 26.3. The SMILES string of the molecule is CC(C)C[C@H](N[C@H](CCO)C(=O)OC(C)(C)C)C(=O)N(C)[C@@H](Cc1c[nH]c2ccccc12)C(N)=O. The van der Waals surface area contributed by atoms with E-state index >= 15 is 0 Å². The van der Waals surface area contributed by atoms with E-state index in [0.717, 1.165) is 16.5 Å². The van der Waals surface area contributed by atoms with Crippen LogP contribution in [0.25, 0.3) is 10.9 Å². The Kier molecular flexibility index (Phi) is 9.85. The van der Waals surface area contributed by atoms with E-state index in [1.165, 1.54) is 4.90 Å². The molecule has 1 heterocycles. The number of aromatic amines is 1. The number of H-pyrrole nitrogens is 1. The highest BCUT2D eigenvalue weighted by molar-refractivity contribution is 5.91. The molecule has 3 atom stereocenters. The topological polar surface area (TPSA) is 138 Å². The van der Waals surface area contributed by atoms with Gasteiger partial charge >= 0.3 is 5.97 Å². The number of hydrogen-bond acceptors (Lipinski definition) is 6. The Morgan fingerprint density at radius 2 is 1.83 bits per heavy atom. The minimum atomic E-state index is -0.879. The van der Waals surface area contributed by atoms with Gasteiger partial charge in [-0.1, -0.05) is 32.0 Å². The lowest BCUT2D eigenvalue weighted by Crippen LogP contribution is -2.57. The normalized spacial score (nSPS) is 14.5. The van der Waals surface area contributed by atoms with Crippen LogP contribution in [0, 0.1) is 5.92 Å². The summed E-state index contributed by atoms with van der Waals surface area (Å²) in [5.41, 5.74) is 6.83. The van der Waals surface area contributed by atoms with Crippen LogP contribution in [0.1, 0.15) is 53.0 Å². The number of aromatic nitrogens is 1. The number of likely N-dealkylation sites (N-methyl/N-ethyl adjacent to an activating group) is 1. The molecule has 5 N–H and O–H groups in total. The van der Waals surface area contributed by atoms with Crippen LogP contribution in [-0.4, -0.2) is 70.2 Å². The van der Waals surface area contributed by atoms with Crippen LogP contribution in [0.4, 0.5) is 0 Å². The second-order valence-electron chi connectivity index (χ2n) is 10.4. The van der Waals surface area contributed by atoms with E-state index in [4.69, 9.17) is 10.5 Å². The molecule has 0 fully saturated rings. The van der Waals surface area contributed by atoms with Crippen molar-refractivity contribution >= 4 is 28.7 Å². The fourth-order valence-corrected chi connectivity index (χ4v) is 4.06. The third-order valence-corrected chi connectivity index (χ3v) is 5.75. The van der Waals surface area contributed by atoms with E-state index in [2.05, 4.69) is 10.3 Å². The monoisotopic (exact) mass is 488 g/mol. The largest absolute Gasteiger partial charge is 0.459 e. The smallest absolute Gasteiger partial charge is 0.323 e. The molecule has 0 bridgehead atoms. The number of benzene rings is 1. The Hall–Kier alpha value is -2.91. The maximum absolute atomic E-state index is 13.6. The van der Waals surface area contributed by atoms with Crippen molar-refractivity contribution in [2.24, 2.45) is 11.7 Å². The van der Waals surface area contributed by atoms with Gasteiger partial charge in [-0.25, -0.2) is 0 Å². The third kappa shape index (κ3) is 8.07. The first-order valence-corrected chi connectivity index (χ1v) is 12.0. The Labute approximate surface area is 207 Å². The number of aliphatic hydroxyl groups is 1. The molecule has 0 aliphatic heterocycles. The number of nitrogens with one attached hydrogen (secondary N) is 2. The van der Waals surface area contributed by atoms with Crippen molar-refractivity contribution in [2.75, 3.05) is 13.7 Å². The van der Waals surface area contributed by atoms with Gasteiger partial charge in [-0.3, -0.25) is 19.7 Å². The van der Waals surface area contributed by atoms with Crippen LogP contribution >= 0.6 is 0 Å². The molecular weight excluding hydrogens is 448 g/mol. The highest BCUT2D eigenvalue weighted by Crippen LogP contribution is 2.21. The van der Waals surface area contributed by atoms with Gasteiger partial charge in [-0.15, -0.1) is 0 Å². The molecule has 0 aliphatic carbocycles. The van der Waals surface area contributed by atoms with Crippen molar-refractivity contribution in [3.63, 3.8) is 0 Å². The van der Waals surface area contributed by atoms with E-state index in [1.807, 2.05) is 44.3 Å². The van der Waals surface area contributed by atoms with Gasteiger partial charge in [0.25, 0.3) is 0 Å². The summed E-state index contributed by atoms with van der Waals surface area (Å²) >= 11 is 0. The average molecular weight is 489 g/mol. The average Bonchev–Trinajstić information content (AvgIpc) is 3.16. The van der Waals surface area contributed by atoms with Crippen molar-refractivity contribution in [3.05, 3.63) is 36.0 Å². The summed E-state index contributed by atoms with van der Waals surface area (Å²) in [7, 11) is 1.55. The van der Waals surface area contributed by atoms with Crippen molar-refractivity contribution in [2.45, 2.75) is 77.6 Å². The maximum atomic E-state index is 13.6. The van der Waals surface area contributed by atoms with E-state index < -0.39 is 35.6 Å². The summed E-state index contributed by atoms with van der Waals surface area (Å²) in [6.45, 7) is 8.95. The van der Waals surface area contributed by atoms with Crippen LogP contribution in [0.15, 0.2) is 30.5 Å². The van der Waals surface area contributed by atoms with Crippen LogP contribution < -0.4 is 11.1 Å². The third-order valence-electron chi connectivity index (χ3n) is 5.75. The van der Waals surface area contributed by atoms with Crippen LogP contribution in [0.2, 0.25) is 0 Å². The van der Waals surface area contributed by atoms with Gasteiger partial charge in [0.2, 0.25) is 11.8 Å². The summed E-state index contributed by atoms with van der Waals surface area (Å²) < 4.78 is 5.48. The number of nitrogens with two attached hydrogens (primary N) is 1. The first-order chi connectivity index (χ1) is 16.3. The molecule has 9 heteroatoms. The Bertz CT molecular complexity index is 1010. The number of esters is 1. The van der Waals surface area contributed by atoms with Gasteiger partial charge in [0, 0.05) is 37.2 Å². The minimum Gasteiger partial charge on any atom is -0.459 e. The summed E-state index contributed by atoms with van der Waals surface area (Å²) in [6.07, 6.45) is 2.59. The molecule has 194 valence electrons. The number of carbonyl (C=O) groups excluding carboxylic acids is 3. The number of amides is 2. The predicted molar refractivity (Wildman–Crippen MR) is 135 cm³/mol. The molecule has 0 saturated carbocycles. The number of nitrogens with zero attached hydrogens (tertiary/aromatic N) is 1. The molecule has 0 radical (unpaired) electrons. The van der Waals surface area contributed by atoms with E-state index in [-0.39, 0.29) is 31.3 Å². The van der Waals surface area contributed by atoms with Crippen LogP contribution in [0.5, 0.6) is 0 Å². The molecule has 2 aromatic rings. The van der Waals surface area contributed by atoms with Gasteiger partial charge in [0.1, 0.15) is 17.7 Å². The predicted octanol–water partition coefficient (Wildman–Crippen LogP) is 2.12. The van der Waals surface area contributed by atoms with Gasteiger partial charge in [-0.05, 0) is 51.2 Å². The van der Waals surface area contributed by atoms with Gasteiger partial charge < -0.3 is 25.5 Å². The number of primary amides is 1. The summed E-state index contributed by atoms with van der Waals surface area (Å²) in [4.78, 5) is 43.3. The number of para-hydroxylation sites is 1. The zero-order valence-corrected chi connectivity index (χ0v) is 21.6.